The van der Waals surface area contributed by atoms with Crippen LogP contribution in [0.2, 0.25) is 0 Å². The van der Waals surface area contributed by atoms with Gasteiger partial charge in [-0.05, 0) is 12.5 Å². The van der Waals surface area contributed by atoms with Gasteiger partial charge < -0.3 is 9.84 Å². The fraction of sp³-hybridized carbons (Fsp3) is 0.467. The van der Waals surface area contributed by atoms with Gasteiger partial charge >= 0.3 is 0 Å². The number of hydrogen-bond acceptors (Lipinski definition) is 4. The zero-order valence-corrected chi connectivity index (χ0v) is 11.2. The summed E-state index contributed by atoms with van der Waals surface area (Å²) in [4.78, 5) is 22.7. The second kappa shape index (κ2) is 8.43. The molecule has 0 unspecified atom stereocenters. The summed E-state index contributed by atoms with van der Waals surface area (Å²) < 4.78 is 5.62. The number of unbranched alkanes of at least 4 members (excludes halogenated alkanes) is 1. The number of aliphatic hydroxyl groups excluding tert-OH is 1. The highest BCUT2D eigenvalue weighted by Gasteiger charge is 2.12. The van der Waals surface area contributed by atoms with E-state index < -0.39 is 12.4 Å². The van der Waals surface area contributed by atoms with Gasteiger partial charge in [-0.1, -0.05) is 31.5 Å². The number of Topliss-reactive ketones (excluding diaryl/α,β-unsaturated/α-hetero) is 2. The predicted molar refractivity (Wildman–Crippen MR) is 72.3 cm³/mol. The molecule has 0 spiro atoms. The molecule has 4 heteroatoms. The van der Waals surface area contributed by atoms with Crippen molar-refractivity contribution in [3.63, 3.8) is 0 Å². The van der Waals surface area contributed by atoms with Crippen molar-refractivity contribution in [3.05, 3.63) is 29.8 Å². The van der Waals surface area contributed by atoms with Crippen LogP contribution in [0.1, 0.15) is 31.7 Å². The smallest absolute Gasteiger partial charge is 0.165 e. The quantitative estimate of drug-likeness (QED) is 0.547. The maximum atomic E-state index is 11.7. The number of para-hydroxylation sites is 1. The van der Waals surface area contributed by atoms with Crippen molar-refractivity contribution in [3.8, 4) is 5.75 Å². The van der Waals surface area contributed by atoms with Crippen LogP contribution in [-0.2, 0) is 16.0 Å². The largest absolute Gasteiger partial charge is 0.493 e. The van der Waals surface area contributed by atoms with E-state index in [1.54, 1.807) is 0 Å². The summed E-state index contributed by atoms with van der Waals surface area (Å²) in [5.74, 6) is 0.0423. The molecule has 0 aliphatic rings. The average Bonchev–Trinajstić information content (AvgIpc) is 2.40. The number of carbonyl (C=O) groups excluding carboxylic acids is 2. The van der Waals surface area contributed by atoms with Gasteiger partial charge in [-0.25, -0.2) is 0 Å². The first-order chi connectivity index (χ1) is 9.17. The molecule has 0 aliphatic carbocycles. The molecule has 1 N–H and O–H groups in total. The minimum atomic E-state index is -0.583. The lowest BCUT2D eigenvalue weighted by Gasteiger charge is -2.10. The molecule has 0 radical (unpaired) electrons. The fourth-order valence-corrected chi connectivity index (χ4v) is 1.67. The van der Waals surface area contributed by atoms with E-state index in [0.717, 1.165) is 18.4 Å². The lowest BCUT2D eigenvalue weighted by atomic mass is 10.0. The Kier molecular flexibility index (Phi) is 6.82. The molecule has 0 saturated carbocycles. The monoisotopic (exact) mass is 264 g/mol. The topological polar surface area (TPSA) is 63.6 Å². The summed E-state index contributed by atoms with van der Waals surface area (Å²) in [6.07, 6.45) is 1.95. The zero-order chi connectivity index (χ0) is 14.1. The van der Waals surface area contributed by atoms with Crippen molar-refractivity contribution >= 4 is 11.6 Å². The SMILES string of the molecule is CCCCOc1ccccc1CC(=O)CC(=O)CO. The molecule has 0 fully saturated rings. The van der Waals surface area contributed by atoms with Crippen LogP contribution < -0.4 is 4.74 Å². The third-order valence-corrected chi connectivity index (χ3v) is 2.69. The van der Waals surface area contributed by atoms with E-state index in [-0.39, 0.29) is 18.6 Å². The third-order valence-electron chi connectivity index (χ3n) is 2.69. The Morgan fingerprint density at radius 2 is 1.95 bits per heavy atom. The maximum absolute atomic E-state index is 11.7. The number of ketones is 2. The number of benzene rings is 1. The van der Waals surface area contributed by atoms with Crippen LogP contribution in [0.5, 0.6) is 5.75 Å². The van der Waals surface area contributed by atoms with Gasteiger partial charge in [0, 0.05) is 12.0 Å². The Hall–Kier alpha value is -1.68. The van der Waals surface area contributed by atoms with E-state index in [1.165, 1.54) is 0 Å². The number of aliphatic hydroxyl groups is 1. The first kappa shape index (κ1) is 15.4. The van der Waals surface area contributed by atoms with Crippen molar-refractivity contribution in [1.29, 1.82) is 0 Å². The zero-order valence-electron chi connectivity index (χ0n) is 11.2. The first-order valence-corrected chi connectivity index (χ1v) is 6.52. The van der Waals surface area contributed by atoms with Crippen molar-refractivity contribution in [2.45, 2.75) is 32.6 Å². The summed E-state index contributed by atoms with van der Waals surface area (Å²) in [5, 5.41) is 8.62. The Bertz CT molecular complexity index is 426. The summed E-state index contributed by atoms with van der Waals surface area (Å²) in [6.45, 7) is 2.12. The van der Waals surface area contributed by atoms with Gasteiger partial charge in [-0.15, -0.1) is 0 Å². The Morgan fingerprint density at radius 3 is 2.63 bits per heavy atom. The Labute approximate surface area is 113 Å². The van der Waals surface area contributed by atoms with Crippen molar-refractivity contribution in [2.24, 2.45) is 0 Å². The van der Waals surface area contributed by atoms with Crippen molar-refractivity contribution in [1.82, 2.24) is 0 Å². The van der Waals surface area contributed by atoms with Gasteiger partial charge in [-0.2, -0.15) is 0 Å². The molecule has 104 valence electrons. The van der Waals surface area contributed by atoms with Crippen LogP contribution in [0.4, 0.5) is 0 Å². The van der Waals surface area contributed by atoms with Gasteiger partial charge in [-0.3, -0.25) is 9.59 Å². The van der Waals surface area contributed by atoms with Crippen LogP contribution in [0.15, 0.2) is 24.3 Å². The molecular formula is C15H20O4. The van der Waals surface area contributed by atoms with Crippen LogP contribution in [-0.4, -0.2) is 29.9 Å². The van der Waals surface area contributed by atoms with Gasteiger partial charge in [0.1, 0.15) is 18.1 Å². The average molecular weight is 264 g/mol. The molecule has 0 aromatic heterocycles. The highest BCUT2D eigenvalue weighted by Crippen LogP contribution is 2.19. The van der Waals surface area contributed by atoms with Gasteiger partial charge in [0.05, 0.1) is 13.0 Å². The number of rotatable bonds is 9. The molecule has 19 heavy (non-hydrogen) atoms. The minimum Gasteiger partial charge on any atom is -0.493 e. The number of carbonyl (C=O) groups is 2. The van der Waals surface area contributed by atoms with Crippen LogP contribution in [0.25, 0.3) is 0 Å². The summed E-state index contributed by atoms with van der Waals surface area (Å²) in [6, 6.07) is 7.34. The first-order valence-electron chi connectivity index (χ1n) is 6.52. The molecule has 0 atom stereocenters. The van der Waals surface area contributed by atoms with E-state index in [2.05, 4.69) is 6.92 Å². The van der Waals surface area contributed by atoms with Crippen LogP contribution in [0.3, 0.4) is 0 Å². The summed E-state index contributed by atoms with van der Waals surface area (Å²) in [5.41, 5.74) is 0.786. The predicted octanol–water partition coefficient (Wildman–Crippen LogP) is 1.93. The molecule has 1 rings (SSSR count). The van der Waals surface area contributed by atoms with E-state index >= 15 is 0 Å². The lowest BCUT2D eigenvalue weighted by molar-refractivity contribution is -0.128. The van der Waals surface area contributed by atoms with Crippen LogP contribution >= 0.6 is 0 Å². The molecule has 0 bridgehead atoms. The second-order valence-corrected chi connectivity index (χ2v) is 4.40. The van der Waals surface area contributed by atoms with E-state index in [1.807, 2.05) is 24.3 Å². The molecule has 1 aromatic rings. The maximum Gasteiger partial charge on any atom is 0.165 e. The number of hydrogen-bond donors (Lipinski definition) is 1. The molecule has 0 heterocycles. The lowest BCUT2D eigenvalue weighted by Crippen LogP contribution is -2.13. The third kappa shape index (κ3) is 5.66. The van der Waals surface area contributed by atoms with E-state index in [0.29, 0.717) is 12.4 Å². The molecule has 0 aliphatic heterocycles. The molecule has 0 saturated heterocycles. The standard InChI is InChI=1S/C15H20O4/c1-2-3-8-19-15-7-5-4-6-12(15)9-13(17)10-14(18)11-16/h4-7,16H,2-3,8-11H2,1H3. The molecule has 4 nitrogen and oxygen atoms in total. The van der Waals surface area contributed by atoms with E-state index in [4.69, 9.17) is 9.84 Å². The highest BCUT2D eigenvalue weighted by molar-refractivity contribution is 6.00. The Balaban J connectivity index is 2.61. The van der Waals surface area contributed by atoms with E-state index in [9.17, 15) is 9.59 Å². The van der Waals surface area contributed by atoms with Gasteiger partial charge in [0.25, 0.3) is 0 Å². The Morgan fingerprint density at radius 1 is 1.21 bits per heavy atom. The molecular weight excluding hydrogens is 244 g/mol. The second-order valence-electron chi connectivity index (χ2n) is 4.40. The number of ether oxygens (including phenoxy) is 1. The fourth-order valence-electron chi connectivity index (χ4n) is 1.67. The minimum absolute atomic E-state index is 0.161. The summed E-state index contributed by atoms with van der Waals surface area (Å²) >= 11 is 0. The van der Waals surface area contributed by atoms with Crippen molar-refractivity contribution in [2.75, 3.05) is 13.2 Å². The molecule has 1 aromatic carbocycles. The normalized spacial score (nSPS) is 10.2. The van der Waals surface area contributed by atoms with Crippen molar-refractivity contribution < 1.29 is 19.4 Å². The molecule has 0 amide bonds. The van der Waals surface area contributed by atoms with Gasteiger partial charge in [0.15, 0.2) is 5.78 Å². The van der Waals surface area contributed by atoms with Crippen LogP contribution in [0, 0.1) is 0 Å². The highest BCUT2D eigenvalue weighted by atomic mass is 16.5. The summed E-state index contributed by atoms with van der Waals surface area (Å²) in [7, 11) is 0. The van der Waals surface area contributed by atoms with Gasteiger partial charge in [0.2, 0.25) is 0 Å².